The van der Waals surface area contributed by atoms with E-state index in [1.54, 1.807) is 17.0 Å². The van der Waals surface area contributed by atoms with Crippen LogP contribution in [0.1, 0.15) is 0 Å². The first-order chi connectivity index (χ1) is 7.34. The van der Waals surface area contributed by atoms with Crippen molar-refractivity contribution >= 4 is 11.8 Å². The maximum atomic E-state index is 11.3. The van der Waals surface area contributed by atoms with Gasteiger partial charge in [-0.1, -0.05) is 0 Å². The maximum absolute atomic E-state index is 11.3. The van der Waals surface area contributed by atoms with E-state index < -0.39 is 0 Å². The maximum Gasteiger partial charge on any atom is 0.414 e. The predicted molar refractivity (Wildman–Crippen MR) is 51.3 cm³/mol. The summed E-state index contributed by atoms with van der Waals surface area (Å²) in [4.78, 5) is 12.9. The molecule has 5 heteroatoms. The minimum atomic E-state index is -0.311. The minimum Gasteiger partial charge on any atom is -0.454 e. The van der Waals surface area contributed by atoms with Crippen LogP contribution < -0.4 is 14.4 Å². The average molecular weight is 207 g/mol. The molecular formula is C10H9NO4. The summed E-state index contributed by atoms with van der Waals surface area (Å²) >= 11 is 0. The summed E-state index contributed by atoms with van der Waals surface area (Å²) in [5, 5.41) is 0. The molecule has 2 aliphatic rings. The van der Waals surface area contributed by atoms with Gasteiger partial charge >= 0.3 is 6.09 Å². The van der Waals surface area contributed by atoms with Gasteiger partial charge in [0.05, 0.1) is 12.2 Å². The topological polar surface area (TPSA) is 48.0 Å². The highest BCUT2D eigenvalue weighted by Crippen LogP contribution is 2.35. The normalized spacial score (nSPS) is 18.1. The number of amides is 1. The number of hydrogen-bond acceptors (Lipinski definition) is 4. The molecule has 1 fully saturated rings. The molecule has 2 heterocycles. The number of nitrogens with zero attached hydrogens (tertiary/aromatic N) is 1. The van der Waals surface area contributed by atoms with E-state index in [9.17, 15) is 4.79 Å². The van der Waals surface area contributed by atoms with E-state index in [1.165, 1.54) is 0 Å². The van der Waals surface area contributed by atoms with E-state index >= 15 is 0 Å². The molecule has 0 radical (unpaired) electrons. The van der Waals surface area contributed by atoms with E-state index in [4.69, 9.17) is 14.2 Å². The van der Waals surface area contributed by atoms with E-state index in [0.29, 0.717) is 24.7 Å². The first kappa shape index (κ1) is 8.40. The number of anilines is 1. The smallest absolute Gasteiger partial charge is 0.414 e. The summed E-state index contributed by atoms with van der Waals surface area (Å²) in [6.07, 6.45) is -0.311. The van der Waals surface area contributed by atoms with Crippen LogP contribution in [0, 0.1) is 0 Å². The molecule has 3 rings (SSSR count). The third-order valence-corrected chi connectivity index (χ3v) is 2.43. The van der Waals surface area contributed by atoms with Gasteiger partial charge in [-0.3, -0.25) is 4.90 Å². The highest BCUT2D eigenvalue weighted by atomic mass is 16.7. The lowest BCUT2D eigenvalue weighted by molar-refractivity contribution is 0.174. The number of cyclic esters (lactones) is 1. The summed E-state index contributed by atoms with van der Waals surface area (Å²) in [6.45, 7) is 1.26. The van der Waals surface area contributed by atoms with E-state index in [1.807, 2.05) is 6.07 Å². The fourth-order valence-corrected chi connectivity index (χ4v) is 1.68. The number of benzene rings is 1. The largest absolute Gasteiger partial charge is 0.454 e. The molecule has 0 spiro atoms. The Kier molecular flexibility index (Phi) is 1.71. The highest BCUT2D eigenvalue weighted by molar-refractivity contribution is 5.89. The molecule has 0 saturated carbocycles. The lowest BCUT2D eigenvalue weighted by Gasteiger charge is -2.12. The van der Waals surface area contributed by atoms with Gasteiger partial charge in [-0.25, -0.2) is 4.79 Å². The second kappa shape index (κ2) is 3.05. The third-order valence-electron chi connectivity index (χ3n) is 2.43. The van der Waals surface area contributed by atoms with Gasteiger partial charge in [-0.05, 0) is 12.1 Å². The fourth-order valence-electron chi connectivity index (χ4n) is 1.68. The standard InChI is InChI=1S/C10H9NO4/c12-10-11(3-4-13-10)7-1-2-8-9(5-7)15-6-14-8/h1-2,5H,3-4,6H2. The first-order valence-corrected chi connectivity index (χ1v) is 4.68. The number of ether oxygens (including phenoxy) is 3. The second-order valence-electron chi connectivity index (χ2n) is 3.30. The lowest BCUT2D eigenvalue weighted by Crippen LogP contribution is -2.23. The Morgan fingerprint density at radius 2 is 2.00 bits per heavy atom. The van der Waals surface area contributed by atoms with Crippen LogP contribution in [0.2, 0.25) is 0 Å². The predicted octanol–water partition coefficient (Wildman–Crippen LogP) is 1.37. The Bertz CT molecular complexity index is 418. The number of carbonyl (C=O) groups excluding carboxylic acids is 1. The summed E-state index contributed by atoms with van der Waals surface area (Å²) in [7, 11) is 0. The molecule has 2 aliphatic heterocycles. The SMILES string of the molecule is O=C1OCCN1c1ccc2c(c1)OCO2. The zero-order chi connectivity index (χ0) is 10.3. The van der Waals surface area contributed by atoms with Crippen molar-refractivity contribution in [1.29, 1.82) is 0 Å². The van der Waals surface area contributed by atoms with Gasteiger partial charge in [0, 0.05) is 6.07 Å². The van der Waals surface area contributed by atoms with E-state index in [0.717, 1.165) is 5.69 Å². The van der Waals surface area contributed by atoms with Crippen molar-refractivity contribution in [3.05, 3.63) is 18.2 Å². The van der Waals surface area contributed by atoms with Crippen molar-refractivity contribution < 1.29 is 19.0 Å². The van der Waals surface area contributed by atoms with Crippen molar-refractivity contribution in [2.75, 3.05) is 24.8 Å². The molecular weight excluding hydrogens is 198 g/mol. The molecule has 1 aromatic rings. The molecule has 0 atom stereocenters. The Morgan fingerprint density at radius 1 is 1.13 bits per heavy atom. The number of carbonyl (C=O) groups is 1. The summed E-state index contributed by atoms with van der Waals surface area (Å²) in [5.74, 6) is 1.39. The Balaban J connectivity index is 1.95. The Morgan fingerprint density at radius 3 is 2.80 bits per heavy atom. The molecule has 5 nitrogen and oxygen atoms in total. The summed E-state index contributed by atoms with van der Waals surface area (Å²) in [5.41, 5.74) is 0.779. The van der Waals surface area contributed by atoms with Crippen LogP contribution in [0.3, 0.4) is 0 Å². The van der Waals surface area contributed by atoms with Crippen molar-refractivity contribution in [2.45, 2.75) is 0 Å². The molecule has 1 aromatic carbocycles. The Hall–Kier alpha value is -1.91. The van der Waals surface area contributed by atoms with Gasteiger partial charge in [0.25, 0.3) is 0 Å². The average Bonchev–Trinajstić information content (AvgIpc) is 2.84. The highest BCUT2D eigenvalue weighted by Gasteiger charge is 2.25. The molecule has 0 aromatic heterocycles. The molecule has 1 saturated heterocycles. The van der Waals surface area contributed by atoms with Crippen molar-refractivity contribution in [2.24, 2.45) is 0 Å². The van der Waals surface area contributed by atoms with Crippen LogP contribution in [-0.2, 0) is 4.74 Å². The molecule has 15 heavy (non-hydrogen) atoms. The van der Waals surface area contributed by atoms with Crippen LogP contribution in [0.15, 0.2) is 18.2 Å². The van der Waals surface area contributed by atoms with Gasteiger partial charge in [0.1, 0.15) is 6.61 Å². The van der Waals surface area contributed by atoms with Crippen molar-refractivity contribution in [3.8, 4) is 11.5 Å². The monoisotopic (exact) mass is 207 g/mol. The van der Waals surface area contributed by atoms with Crippen molar-refractivity contribution in [1.82, 2.24) is 0 Å². The van der Waals surface area contributed by atoms with Gasteiger partial charge < -0.3 is 14.2 Å². The Labute approximate surface area is 86.1 Å². The lowest BCUT2D eigenvalue weighted by atomic mass is 10.2. The molecule has 0 bridgehead atoms. The van der Waals surface area contributed by atoms with Crippen LogP contribution in [0.5, 0.6) is 11.5 Å². The van der Waals surface area contributed by atoms with Gasteiger partial charge in [0.2, 0.25) is 6.79 Å². The van der Waals surface area contributed by atoms with Crippen LogP contribution in [-0.4, -0.2) is 26.0 Å². The summed E-state index contributed by atoms with van der Waals surface area (Å²) < 4.78 is 15.3. The van der Waals surface area contributed by atoms with E-state index in [-0.39, 0.29) is 12.9 Å². The van der Waals surface area contributed by atoms with Crippen LogP contribution >= 0.6 is 0 Å². The number of hydrogen-bond donors (Lipinski definition) is 0. The molecule has 1 amide bonds. The third kappa shape index (κ3) is 1.27. The van der Waals surface area contributed by atoms with Gasteiger partial charge in [0.15, 0.2) is 11.5 Å². The zero-order valence-corrected chi connectivity index (χ0v) is 7.93. The molecule has 78 valence electrons. The molecule has 0 N–H and O–H groups in total. The second-order valence-corrected chi connectivity index (χ2v) is 3.30. The quantitative estimate of drug-likeness (QED) is 0.697. The zero-order valence-electron chi connectivity index (χ0n) is 7.93. The van der Waals surface area contributed by atoms with Gasteiger partial charge in [-0.2, -0.15) is 0 Å². The van der Waals surface area contributed by atoms with Gasteiger partial charge in [-0.15, -0.1) is 0 Å². The number of fused-ring (bicyclic) bond motifs is 1. The minimum absolute atomic E-state index is 0.239. The van der Waals surface area contributed by atoms with Crippen LogP contribution in [0.25, 0.3) is 0 Å². The first-order valence-electron chi connectivity index (χ1n) is 4.68. The van der Waals surface area contributed by atoms with Crippen molar-refractivity contribution in [3.63, 3.8) is 0 Å². The van der Waals surface area contributed by atoms with Crippen LogP contribution in [0.4, 0.5) is 10.5 Å². The molecule has 0 aliphatic carbocycles. The fraction of sp³-hybridized carbons (Fsp3) is 0.300. The summed E-state index contributed by atoms with van der Waals surface area (Å²) in [6, 6.07) is 5.40. The molecule has 0 unspecified atom stereocenters. The number of rotatable bonds is 1. The van der Waals surface area contributed by atoms with E-state index in [2.05, 4.69) is 0 Å².